The molecule has 2 aromatic rings. The Bertz CT molecular complexity index is 753. The van der Waals surface area contributed by atoms with Crippen molar-refractivity contribution in [1.29, 1.82) is 0 Å². The van der Waals surface area contributed by atoms with E-state index in [0.717, 1.165) is 32.5 Å². The number of Topliss-reactive ketones (excluding diaryl/α,β-unsaturated/α-hetero) is 1. The molecule has 132 valence electrons. The summed E-state index contributed by atoms with van der Waals surface area (Å²) in [6.45, 7) is 4.65. The summed E-state index contributed by atoms with van der Waals surface area (Å²) < 4.78 is 2.06. The summed E-state index contributed by atoms with van der Waals surface area (Å²) in [6.07, 6.45) is 6.45. The highest BCUT2D eigenvalue weighted by atomic mass is 16.1. The number of benzene rings is 1. The Morgan fingerprint density at radius 2 is 1.88 bits per heavy atom. The minimum Gasteiger partial charge on any atom is -0.299 e. The van der Waals surface area contributed by atoms with Crippen molar-refractivity contribution in [3.8, 4) is 0 Å². The number of piperidine rings is 1. The molecule has 1 saturated carbocycles. The van der Waals surface area contributed by atoms with Crippen LogP contribution in [-0.2, 0) is 23.8 Å². The Hall–Kier alpha value is -1.94. The van der Waals surface area contributed by atoms with E-state index in [1.54, 1.807) is 6.92 Å². The summed E-state index contributed by atoms with van der Waals surface area (Å²) in [4.78, 5) is 15.0. The van der Waals surface area contributed by atoms with Gasteiger partial charge in [-0.1, -0.05) is 30.3 Å². The fourth-order valence-corrected chi connectivity index (χ4v) is 4.43. The molecule has 4 rings (SSSR count). The van der Waals surface area contributed by atoms with Crippen LogP contribution in [0.4, 0.5) is 0 Å². The molecule has 0 radical (unpaired) electrons. The van der Waals surface area contributed by atoms with E-state index < -0.39 is 0 Å². The van der Waals surface area contributed by atoms with E-state index in [4.69, 9.17) is 0 Å². The quantitative estimate of drug-likeness (QED) is 0.839. The van der Waals surface area contributed by atoms with Crippen LogP contribution in [0, 0.1) is 0 Å². The van der Waals surface area contributed by atoms with Gasteiger partial charge in [0.05, 0.1) is 11.6 Å². The highest BCUT2D eigenvalue weighted by Crippen LogP contribution is 2.42. The van der Waals surface area contributed by atoms with Crippen LogP contribution in [0.25, 0.3) is 0 Å². The van der Waals surface area contributed by atoms with Crippen LogP contribution in [-0.4, -0.2) is 33.6 Å². The Morgan fingerprint density at radius 1 is 1.20 bits per heavy atom. The van der Waals surface area contributed by atoms with Crippen LogP contribution in [0.3, 0.4) is 0 Å². The Labute approximate surface area is 149 Å². The van der Waals surface area contributed by atoms with E-state index in [2.05, 4.69) is 33.9 Å². The predicted octanol–water partition coefficient (Wildman–Crippen LogP) is 3.42. The molecule has 0 bridgehead atoms. The largest absolute Gasteiger partial charge is 0.299 e. The zero-order valence-electron chi connectivity index (χ0n) is 15.2. The molecule has 25 heavy (non-hydrogen) atoms. The number of ketones is 1. The molecule has 2 aliphatic rings. The third-order valence-electron chi connectivity index (χ3n) is 6.13. The van der Waals surface area contributed by atoms with E-state index in [9.17, 15) is 4.79 Å². The Kier molecular flexibility index (Phi) is 4.24. The molecule has 2 heterocycles. The molecular formula is C21H27N3O. The second-order valence-corrected chi connectivity index (χ2v) is 7.73. The molecular weight excluding hydrogens is 310 g/mol. The first-order chi connectivity index (χ1) is 12.1. The summed E-state index contributed by atoms with van der Waals surface area (Å²) >= 11 is 0. The molecule has 1 aliphatic carbocycles. The predicted molar refractivity (Wildman–Crippen MR) is 98.5 cm³/mol. The third kappa shape index (κ3) is 3.04. The van der Waals surface area contributed by atoms with Crippen molar-refractivity contribution in [1.82, 2.24) is 14.7 Å². The van der Waals surface area contributed by atoms with Gasteiger partial charge in [-0.05, 0) is 51.3 Å². The van der Waals surface area contributed by atoms with Crippen LogP contribution in [0.15, 0.2) is 36.5 Å². The molecule has 4 nitrogen and oxygen atoms in total. The summed E-state index contributed by atoms with van der Waals surface area (Å²) in [5.41, 5.74) is 3.68. The molecule has 0 amide bonds. The number of aromatic nitrogens is 2. The summed E-state index contributed by atoms with van der Waals surface area (Å²) in [7, 11) is 2.06. The van der Waals surface area contributed by atoms with E-state index in [1.165, 1.54) is 29.7 Å². The Balaban J connectivity index is 1.48. The Morgan fingerprint density at radius 3 is 2.48 bits per heavy atom. The number of aryl methyl sites for hydroxylation is 1. The maximum absolute atomic E-state index is 12.5. The average Bonchev–Trinajstić information content (AvgIpc) is 3.40. The van der Waals surface area contributed by atoms with Crippen molar-refractivity contribution in [2.45, 2.75) is 50.5 Å². The number of carbonyl (C=O) groups excluding carboxylic acids is 1. The number of carbonyl (C=O) groups is 1. The monoisotopic (exact) mass is 337 g/mol. The number of likely N-dealkylation sites (tertiary alicyclic amines) is 1. The van der Waals surface area contributed by atoms with Gasteiger partial charge in [-0.25, -0.2) is 0 Å². The molecule has 1 saturated heterocycles. The van der Waals surface area contributed by atoms with Crippen LogP contribution in [0.1, 0.15) is 55.3 Å². The SMILES string of the molecule is CC(=O)C1(c2ccccc2)CCN(Cc2cnn(C)c2C2CC2)CC1. The minimum atomic E-state index is -0.300. The lowest BCUT2D eigenvalue weighted by Crippen LogP contribution is -2.46. The van der Waals surface area contributed by atoms with Gasteiger partial charge in [0.2, 0.25) is 0 Å². The van der Waals surface area contributed by atoms with E-state index in [0.29, 0.717) is 11.7 Å². The topological polar surface area (TPSA) is 38.1 Å². The summed E-state index contributed by atoms with van der Waals surface area (Å²) in [5, 5.41) is 4.48. The average molecular weight is 337 g/mol. The van der Waals surface area contributed by atoms with E-state index in [-0.39, 0.29) is 5.41 Å². The molecule has 1 aromatic heterocycles. The van der Waals surface area contributed by atoms with Crippen LogP contribution >= 0.6 is 0 Å². The number of hydrogen-bond donors (Lipinski definition) is 0. The normalized spacial score (nSPS) is 20.6. The smallest absolute Gasteiger partial charge is 0.140 e. The molecule has 0 N–H and O–H groups in total. The van der Waals surface area contributed by atoms with Gasteiger partial charge >= 0.3 is 0 Å². The van der Waals surface area contributed by atoms with Crippen molar-refractivity contribution in [3.63, 3.8) is 0 Å². The molecule has 0 atom stereocenters. The first-order valence-electron chi connectivity index (χ1n) is 9.40. The van der Waals surface area contributed by atoms with Crippen LogP contribution < -0.4 is 0 Å². The second kappa shape index (κ2) is 6.41. The highest BCUT2D eigenvalue weighted by Gasteiger charge is 2.40. The molecule has 2 fully saturated rings. The van der Waals surface area contributed by atoms with Gasteiger partial charge in [0.25, 0.3) is 0 Å². The standard InChI is InChI=1S/C21H27N3O/c1-16(25)21(19-6-4-3-5-7-19)10-12-24(13-11-21)15-18-14-22-23(2)20(18)17-8-9-17/h3-7,14,17H,8-13,15H2,1-2H3. The maximum Gasteiger partial charge on any atom is 0.140 e. The van der Waals surface area contributed by atoms with Gasteiger partial charge in [-0.15, -0.1) is 0 Å². The fraction of sp³-hybridized carbons (Fsp3) is 0.524. The van der Waals surface area contributed by atoms with Crippen molar-refractivity contribution in [2.24, 2.45) is 7.05 Å². The number of hydrogen-bond acceptors (Lipinski definition) is 3. The fourth-order valence-electron chi connectivity index (χ4n) is 4.43. The molecule has 1 aliphatic heterocycles. The third-order valence-corrected chi connectivity index (χ3v) is 6.13. The van der Waals surface area contributed by atoms with Gasteiger partial charge in [0.15, 0.2) is 0 Å². The van der Waals surface area contributed by atoms with Crippen molar-refractivity contribution in [2.75, 3.05) is 13.1 Å². The van der Waals surface area contributed by atoms with Crippen molar-refractivity contribution >= 4 is 5.78 Å². The lowest BCUT2D eigenvalue weighted by Gasteiger charge is -2.40. The number of nitrogens with zero attached hydrogens (tertiary/aromatic N) is 3. The summed E-state index contributed by atoms with van der Waals surface area (Å²) in [5.74, 6) is 1.02. The lowest BCUT2D eigenvalue weighted by molar-refractivity contribution is -0.124. The lowest BCUT2D eigenvalue weighted by atomic mass is 9.70. The zero-order chi connectivity index (χ0) is 17.4. The van der Waals surface area contributed by atoms with Crippen LogP contribution in [0.5, 0.6) is 0 Å². The van der Waals surface area contributed by atoms with Gasteiger partial charge in [-0.3, -0.25) is 14.4 Å². The van der Waals surface area contributed by atoms with Crippen LogP contribution in [0.2, 0.25) is 0 Å². The minimum absolute atomic E-state index is 0.300. The molecule has 0 unspecified atom stereocenters. The van der Waals surface area contributed by atoms with E-state index >= 15 is 0 Å². The second-order valence-electron chi connectivity index (χ2n) is 7.73. The molecule has 0 spiro atoms. The molecule has 1 aromatic carbocycles. The van der Waals surface area contributed by atoms with Crippen molar-refractivity contribution in [3.05, 3.63) is 53.3 Å². The first-order valence-corrected chi connectivity index (χ1v) is 9.40. The van der Waals surface area contributed by atoms with Gasteiger partial charge in [-0.2, -0.15) is 5.10 Å². The maximum atomic E-state index is 12.5. The highest BCUT2D eigenvalue weighted by molar-refractivity contribution is 5.88. The molecule has 4 heteroatoms. The van der Waals surface area contributed by atoms with Gasteiger partial charge in [0, 0.05) is 30.8 Å². The van der Waals surface area contributed by atoms with Gasteiger partial charge < -0.3 is 0 Å². The zero-order valence-corrected chi connectivity index (χ0v) is 15.2. The first kappa shape index (κ1) is 16.5. The summed E-state index contributed by atoms with van der Waals surface area (Å²) in [6, 6.07) is 10.3. The van der Waals surface area contributed by atoms with Crippen molar-refractivity contribution < 1.29 is 4.79 Å². The van der Waals surface area contributed by atoms with E-state index in [1.807, 2.05) is 24.4 Å². The van der Waals surface area contributed by atoms with Gasteiger partial charge in [0.1, 0.15) is 5.78 Å². The number of rotatable bonds is 5.